The number of rotatable bonds is 5. The fourth-order valence-electron chi connectivity index (χ4n) is 2.07. The van der Waals surface area contributed by atoms with Crippen molar-refractivity contribution in [3.8, 4) is 0 Å². The summed E-state index contributed by atoms with van der Waals surface area (Å²) >= 11 is 0. The number of amides is 1. The van der Waals surface area contributed by atoms with Crippen molar-refractivity contribution in [2.75, 3.05) is 32.1 Å². The summed E-state index contributed by atoms with van der Waals surface area (Å²) in [5.41, 5.74) is 0.945. The molecule has 1 aromatic carbocycles. The monoisotopic (exact) mass is 315 g/mol. The maximum Gasteiger partial charge on any atom is 0.293 e. The number of hydrogen-bond acceptors (Lipinski definition) is 4. The molecule has 0 saturated heterocycles. The largest absolute Gasteiger partial charge is 0.373 e. The summed E-state index contributed by atoms with van der Waals surface area (Å²) in [6.45, 7) is 7.41. The first-order valence-electron chi connectivity index (χ1n) is 7.73. The third-order valence-electron chi connectivity index (χ3n) is 3.68. The van der Waals surface area contributed by atoms with Crippen LogP contribution in [0.15, 0.2) is 36.7 Å². The Kier molecular flexibility index (Phi) is 5.03. The van der Waals surface area contributed by atoms with E-state index in [1.54, 1.807) is 23.0 Å². The van der Waals surface area contributed by atoms with Crippen LogP contribution < -0.4 is 4.90 Å². The molecule has 0 aliphatic heterocycles. The van der Waals surface area contributed by atoms with Crippen LogP contribution in [0.25, 0.3) is 0 Å². The molecule has 0 radical (unpaired) electrons. The van der Waals surface area contributed by atoms with Gasteiger partial charge in [-0.1, -0.05) is 18.2 Å². The van der Waals surface area contributed by atoms with E-state index in [0.717, 1.165) is 12.2 Å². The van der Waals surface area contributed by atoms with Gasteiger partial charge in [-0.3, -0.25) is 4.79 Å². The van der Waals surface area contributed by atoms with E-state index in [-0.39, 0.29) is 17.3 Å². The van der Waals surface area contributed by atoms with Gasteiger partial charge in [0.1, 0.15) is 6.33 Å². The fraction of sp³-hybridized carbons (Fsp3) is 0.471. The molecule has 124 valence electrons. The number of hydrogen-bond donors (Lipinski definition) is 0. The van der Waals surface area contributed by atoms with Crippen LogP contribution in [0.2, 0.25) is 0 Å². The molecule has 0 bridgehead atoms. The normalized spacial score (nSPS) is 11.3. The summed E-state index contributed by atoms with van der Waals surface area (Å²) in [7, 11) is 3.79. The molecule has 0 atom stereocenters. The average Bonchev–Trinajstić information content (AvgIpc) is 3.02. The minimum atomic E-state index is -0.183. The summed E-state index contributed by atoms with van der Waals surface area (Å²) in [5.74, 6) is 0.0826. The third-order valence-corrected chi connectivity index (χ3v) is 3.68. The second-order valence-corrected chi connectivity index (χ2v) is 6.67. The smallest absolute Gasteiger partial charge is 0.293 e. The van der Waals surface area contributed by atoms with Gasteiger partial charge in [0, 0.05) is 32.9 Å². The van der Waals surface area contributed by atoms with Crippen LogP contribution in [0, 0.1) is 0 Å². The Hall–Kier alpha value is -2.37. The zero-order chi connectivity index (χ0) is 17.0. The van der Waals surface area contributed by atoms with Gasteiger partial charge < -0.3 is 9.80 Å². The number of benzene rings is 1. The summed E-state index contributed by atoms with van der Waals surface area (Å²) in [6.07, 6.45) is 1.61. The number of likely N-dealkylation sites (N-methyl/N-ethyl adjacent to an activating group) is 2. The Morgan fingerprint density at radius 2 is 1.78 bits per heavy atom. The molecule has 0 unspecified atom stereocenters. The van der Waals surface area contributed by atoms with Gasteiger partial charge in [-0.2, -0.15) is 0 Å². The summed E-state index contributed by atoms with van der Waals surface area (Å²) in [5, 5.41) is 4.29. The van der Waals surface area contributed by atoms with Crippen molar-refractivity contribution in [3.05, 3.63) is 42.5 Å². The highest BCUT2D eigenvalue weighted by atomic mass is 16.2. The highest BCUT2D eigenvalue weighted by molar-refractivity contribution is 5.90. The lowest BCUT2D eigenvalue weighted by Gasteiger charge is -2.23. The molecule has 2 aromatic rings. The van der Waals surface area contributed by atoms with Crippen LogP contribution in [-0.2, 0) is 5.54 Å². The van der Waals surface area contributed by atoms with E-state index in [2.05, 4.69) is 15.0 Å². The van der Waals surface area contributed by atoms with Crippen molar-refractivity contribution in [3.63, 3.8) is 0 Å². The number of para-hydroxylation sites is 1. The van der Waals surface area contributed by atoms with Gasteiger partial charge in [0.25, 0.3) is 5.91 Å². The molecule has 2 rings (SSSR count). The second-order valence-electron chi connectivity index (χ2n) is 6.67. The van der Waals surface area contributed by atoms with E-state index < -0.39 is 0 Å². The maximum absolute atomic E-state index is 12.4. The van der Waals surface area contributed by atoms with Gasteiger partial charge in [0.2, 0.25) is 5.82 Å². The van der Waals surface area contributed by atoms with Crippen LogP contribution in [0.5, 0.6) is 0 Å². The molecule has 23 heavy (non-hydrogen) atoms. The number of aromatic nitrogens is 3. The molecular weight excluding hydrogens is 290 g/mol. The highest BCUT2D eigenvalue weighted by Crippen LogP contribution is 2.12. The molecule has 0 saturated carbocycles. The lowest BCUT2D eigenvalue weighted by atomic mass is 10.1. The molecule has 0 aliphatic rings. The Labute approximate surface area is 137 Å². The second kappa shape index (κ2) is 6.81. The van der Waals surface area contributed by atoms with Gasteiger partial charge in [-0.15, -0.1) is 5.10 Å². The lowest BCUT2D eigenvalue weighted by Crippen LogP contribution is -2.35. The van der Waals surface area contributed by atoms with E-state index in [4.69, 9.17) is 0 Å². The number of nitrogens with zero attached hydrogens (tertiary/aromatic N) is 5. The van der Waals surface area contributed by atoms with Gasteiger partial charge >= 0.3 is 0 Å². The molecule has 0 N–H and O–H groups in total. The molecule has 0 fully saturated rings. The van der Waals surface area contributed by atoms with E-state index in [9.17, 15) is 4.79 Å². The first kappa shape index (κ1) is 17.0. The van der Waals surface area contributed by atoms with Gasteiger partial charge in [-0.05, 0) is 32.9 Å². The zero-order valence-electron chi connectivity index (χ0n) is 14.5. The number of carbonyl (C=O) groups excluding carboxylic acids is 1. The standard InChI is InChI=1S/C17H25N5O/c1-17(2,3)22-13-18-15(19-22)16(23)21(5)12-11-20(4)14-9-7-6-8-10-14/h6-10,13H,11-12H2,1-5H3. The third kappa shape index (κ3) is 4.31. The van der Waals surface area contributed by atoms with E-state index in [0.29, 0.717) is 6.54 Å². The van der Waals surface area contributed by atoms with Crippen molar-refractivity contribution in [2.24, 2.45) is 0 Å². The van der Waals surface area contributed by atoms with Crippen LogP contribution in [0.1, 0.15) is 31.4 Å². The van der Waals surface area contributed by atoms with Crippen LogP contribution in [-0.4, -0.2) is 52.8 Å². The van der Waals surface area contributed by atoms with Gasteiger partial charge in [0.15, 0.2) is 0 Å². The molecule has 0 spiro atoms. The summed E-state index contributed by atoms with van der Waals surface area (Å²) in [6, 6.07) is 10.1. The minimum absolute atomic E-state index is 0.158. The summed E-state index contributed by atoms with van der Waals surface area (Å²) < 4.78 is 1.71. The molecule has 1 amide bonds. The van der Waals surface area contributed by atoms with Crippen molar-refractivity contribution in [1.82, 2.24) is 19.7 Å². The first-order valence-corrected chi connectivity index (χ1v) is 7.73. The highest BCUT2D eigenvalue weighted by Gasteiger charge is 2.20. The zero-order valence-corrected chi connectivity index (χ0v) is 14.5. The van der Waals surface area contributed by atoms with Gasteiger partial charge in [-0.25, -0.2) is 9.67 Å². The molecule has 0 aliphatic carbocycles. The Balaban J connectivity index is 1.94. The van der Waals surface area contributed by atoms with Crippen molar-refractivity contribution >= 4 is 11.6 Å². The first-order chi connectivity index (χ1) is 10.8. The van der Waals surface area contributed by atoms with E-state index in [1.807, 2.05) is 58.2 Å². The van der Waals surface area contributed by atoms with E-state index >= 15 is 0 Å². The molecule has 6 nitrogen and oxygen atoms in total. The molecular formula is C17H25N5O. The van der Waals surface area contributed by atoms with Crippen LogP contribution in [0.3, 0.4) is 0 Å². The van der Waals surface area contributed by atoms with Crippen molar-refractivity contribution in [2.45, 2.75) is 26.3 Å². The number of carbonyl (C=O) groups is 1. The number of anilines is 1. The average molecular weight is 315 g/mol. The Morgan fingerprint density at radius 1 is 1.13 bits per heavy atom. The fourth-order valence-corrected chi connectivity index (χ4v) is 2.07. The predicted molar refractivity (Wildman–Crippen MR) is 91.7 cm³/mol. The van der Waals surface area contributed by atoms with E-state index in [1.165, 1.54) is 0 Å². The van der Waals surface area contributed by atoms with Crippen LogP contribution in [0.4, 0.5) is 5.69 Å². The Bertz CT molecular complexity index is 645. The minimum Gasteiger partial charge on any atom is -0.373 e. The topological polar surface area (TPSA) is 54.3 Å². The SMILES string of the molecule is CN(CCN(C)c1ccccc1)C(=O)c1ncn(C(C)(C)C)n1. The molecule has 6 heteroatoms. The van der Waals surface area contributed by atoms with Crippen molar-refractivity contribution in [1.29, 1.82) is 0 Å². The quantitative estimate of drug-likeness (QED) is 0.849. The molecule has 1 aromatic heterocycles. The predicted octanol–water partition coefficient (Wildman–Crippen LogP) is 2.24. The van der Waals surface area contributed by atoms with Crippen molar-refractivity contribution < 1.29 is 4.79 Å². The summed E-state index contributed by atoms with van der Waals surface area (Å²) in [4.78, 5) is 20.3. The maximum atomic E-state index is 12.4. The van der Waals surface area contributed by atoms with Crippen LogP contribution >= 0.6 is 0 Å². The Morgan fingerprint density at radius 3 is 2.35 bits per heavy atom. The van der Waals surface area contributed by atoms with Gasteiger partial charge in [0.05, 0.1) is 5.54 Å². The lowest BCUT2D eigenvalue weighted by molar-refractivity contribution is 0.0786. The molecule has 1 heterocycles.